The third-order valence-electron chi connectivity index (χ3n) is 7.08. The summed E-state index contributed by atoms with van der Waals surface area (Å²) in [5, 5.41) is 3.06. The molecule has 0 atom stereocenters. The zero-order valence-corrected chi connectivity index (χ0v) is 26.0. The predicted octanol–water partition coefficient (Wildman–Crippen LogP) is 6.58. The minimum Gasteiger partial charge on any atom is -0.495 e. The fourth-order valence-electron chi connectivity index (χ4n) is 4.96. The lowest BCUT2D eigenvalue weighted by Crippen LogP contribution is -2.49. The largest absolute Gasteiger partial charge is 0.495 e. The molecular formula is C31H41ClN4O5S. The van der Waals surface area contributed by atoms with E-state index in [1.165, 1.54) is 5.56 Å². The van der Waals surface area contributed by atoms with Gasteiger partial charge in [0.15, 0.2) is 0 Å². The number of unbranched alkanes of at least 4 members (excludes halogenated alkanes) is 1. The molecule has 0 spiro atoms. The number of halogens is 1. The molecule has 4 rings (SSSR count). The average molecular weight is 617 g/mol. The number of anilines is 2. The molecule has 9 nitrogen and oxygen atoms in total. The monoisotopic (exact) mass is 616 g/mol. The quantitative estimate of drug-likeness (QED) is 0.238. The number of urea groups is 1. The maximum atomic E-state index is 13.3. The summed E-state index contributed by atoms with van der Waals surface area (Å²) in [6, 6.07) is 22.4. The number of benzene rings is 3. The van der Waals surface area contributed by atoms with Crippen molar-refractivity contribution in [1.29, 1.82) is 0 Å². The van der Waals surface area contributed by atoms with Gasteiger partial charge >= 0.3 is 6.03 Å². The molecule has 0 unspecified atom stereocenters. The van der Waals surface area contributed by atoms with E-state index in [2.05, 4.69) is 34.0 Å². The third kappa shape index (κ3) is 9.82. The Morgan fingerprint density at radius 3 is 2.19 bits per heavy atom. The number of hydrogen-bond donors (Lipinski definition) is 2. The fourth-order valence-corrected chi connectivity index (χ4v) is 5.53. The molecule has 1 aliphatic rings. The molecule has 0 aliphatic carbocycles. The number of carbonyl (C=O) groups excluding carboxylic acids is 1. The number of para-hydroxylation sites is 2. The van der Waals surface area contributed by atoms with Crippen molar-refractivity contribution in [2.75, 3.05) is 43.0 Å². The Kier molecular flexibility index (Phi) is 12.3. The van der Waals surface area contributed by atoms with Crippen LogP contribution in [0, 0.1) is 0 Å². The highest BCUT2D eigenvalue weighted by Crippen LogP contribution is 2.27. The van der Waals surface area contributed by atoms with Crippen LogP contribution in [0.2, 0.25) is 0 Å². The molecule has 1 fully saturated rings. The molecule has 1 saturated heterocycles. The van der Waals surface area contributed by atoms with Gasteiger partial charge in [0.25, 0.3) is 0 Å². The minimum atomic E-state index is -3.31. The van der Waals surface area contributed by atoms with E-state index < -0.39 is 10.0 Å². The lowest BCUT2D eigenvalue weighted by atomic mass is 10.0. The number of piperidine rings is 1. The number of nitrogens with zero attached hydrogens (tertiary/aromatic N) is 2. The Balaban J connectivity index is 0.00000484. The first kappa shape index (κ1) is 33.0. The van der Waals surface area contributed by atoms with Gasteiger partial charge in [-0.1, -0.05) is 37.6 Å². The van der Waals surface area contributed by atoms with Gasteiger partial charge < -0.3 is 19.7 Å². The van der Waals surface area contributed by atoms with Gasteiger partial charge in [0.2, 0.25) is 10.0 Å². The Hall–Kier alpha value is -3.47. The van der Waals surface area contributed by atoms with Gasteiger partial charge in [0, 0.05) is 37.9 Å². The molecule has 0 saturated carbocycles. The first-order valence-electron chi connectivity index (χ1n) is 14.0. The van der Waals surface area contributed by atoms with Crippen molar-refractivity contribution >= 4 is 39.8 Å². The highest BCUT2D eigenvalue weighted by Gasteiger charge is 2.28. The Labute approximate surface area is 255 Å². The van der Waals surface area contributed by atoms with Crippen molar-refractivity contribution in [3.05, 3.63) is 78.4 Å². The number of ether oxygens (including phenoxy) is 2. The molecule has 0 bridgehead atoms. The fraction of sp³-hybridized carbons (Fsp3) is 0.387. The summed E-state index contributed by atoms with van der Waals surface area (Å²) < 4.78 is 36.5. The van der Waals surface area contributed by atoms with Crippen molar-refractivity contribution in [2.45, 2.75) is 45.2 Å². The standard InChI is InChI=1S/C31H40N4O5S.ClH/c1-4-5-20-35(31(36)32-29-8-6-7-9-30(29)39-2)26-18-21-34(22-19-26)23-24-10-14-27(15-11-24)40-28-16-12-25(13-17-28)33-41(3,37)38;/h6-17,26,33H,4-5,18-23H2,1-3H3,(H,32,36);1H. The molecule has 0 aromatic heterocycles. The molecule has 42 heavy (non-hydrogen) atoms. The maximum Gasteiger partial charge on any atom is 0.322 e. The summed E-state index contributed by atoms with van der Waals surface area (Å²) >= 11 is 0. The van der Waals surface area contributed by atoms with Crippen molar-refractivity contribution in [2.24, 2.45) is 0 Å². The number of methoxy groups -OCH3 is 1. The van der Waals surface area contributed by atoms with Crippen molar-refractivity contribution in [1.82, 2.24) is 9.80 Å². The second-order valence-electron chi connectivity index (χ2n) is 10.3. The smallest absolute Gasteiger partial charge is 0.322 e. The van der Waals surface area contributed by atoms with E-state index in [-0.39, 0.29) is 24.5 Å². The van der Waals surface area contributed by atoms with Crippen molar-refractivity contribution < 1.29 is 22.7 Å². The highest BCUT2D eigenvalue weighted by molar-refractivity contribution is 7.92. The zero-order valence-electron chi connectivity index (χ0n) is 24.4. The van der Waals surface area contributed by atoms with Gasteiger partial charge in [-0.3, -0.25) is 9.62 Å². The number of hydrogen-bond acceptors (Lipinski definition) is 6. The van der Waals surface area contributed by atoms with Crippen LogP contribution in [0.4, 0.5) is 16.2 Å². The second-order valence-corrected chi connectivity index (χ2v) is 12.1. The van der Waals surface area contributed by atoms with Gasteiger partial charge in [-0.15, -0.1) is 12.4 Å². The van der Waals surface area contributed by atoms with E-state index in [1.54, 1.807) is 31.4 Å². The molecule has 1 aliphatic heterocycles. The topological polar surface area (TPSA) is 100 Å². The number of nitrogens with one attached hydrogen (secondary N) is 2. The van der Waals surface area contributed by atoms with Gasteiger partial charge in [-0.25, -0.2) is 13.2 Å². The maximum absolute atomic E-state index is 13.3. The van der Waals surface area contributed by atoms with E-state index in [0.29, 0.717) is 28.6 Å². The van der Waals surface area contributed by atoms with Crippen molar-refractivity contribution in [3.8, 4) is 17.2 Å². The van der Waals surface area contributed by atoms with E-state index in [9.17, 15) is 13.2 Å². The lowest BCUT2D eigenvalue weighted by molar-refractivity contribution is 0.122. The molecule has 2 amide bonds. The van der Waals surface area contributed by atoms with Crippen LogP contribution in [-0.2, 0) is 16.6 Å². The average Bonchev–Trinajstić information content (AvgIpc) is 2.96. The summed E-state index contributed by atoms with van der Waals surface area (Å²) in [6.45, 7) is 5.55. The van der Waals surface area contributed by atoms with Crippen LogP contribution in [-0.4, -0.2) is 63.3 Å². The summed E-state index contributed by atoms with van der Waals surface area (Å²) in [6.07, 6.45) is 4.97. The van der Waals surface area contributed by atoms with E-state index >= 15 is 0 Å². The molecular weight excluding hydrogens is 576 g/mol. The number of rotatable bonds is 12. The normalized spacial score (nSPS) is 14.0. The van der Waals surface area contributed by atoms with Crippen LogP contribution < -0.4 is 19.5 Å². The van der Waals surface area contributed by atoms with Gasteiger partial charge in [-0.05, 0) is 73.4 Å². The number of amides is 2. The summed E-state index contributed by atoms with van der Waals surface area (Å²) in [5.41, 5.74) is 2.37. The second kappa shape index (κ2) is 15.7. The minimum absolute atomic E-state index is 0. The zero-order chi connectivity index (χ0) is 29.2. The Morgan fingerprint density at radius 1 is 0.976 bits per heavy atom. The number of likely N-dealkylation sites (tertiary alicyclic amines) is 1. The Bertz CT molecular complexity index is 1380. The molecule has 228 valence electrons. The summed E-state index contributed by atoms with van der Waals surface area (Å²) in [7, 11) is -1.71. The van der Waals surface area contributed by atoms with Gasteiger partial charge in [0.05, 0.1) is 19.1 Å². The Morgan fingerprint density at radius 2 is 1.60 bits per heavy atom. The third-order valence-corrected chi connectivity index (χ3v) is 7.69. The molecule has 1 heterocycles. The predicted molar refractivity (Wildman–Crippen MR) is 171 cm³/mol. The molecule has 0 radical (unpaired) electrons. The lowest BCUT2D eigenvalue weighted by Gasteiger charge is -2.38. The molecule has 3 aromatic rings. The number of sulfonamides is 1. The number of carbonyl (C=O) groups is 1. The van der Waals surface area contributed by atoms with Crippen LogP contribution in [0.1, 0.15) is 38.2 Å². The van der Waals surface area contributed by atoms with Crippen LogP contribution >= 0.6 is 12.4 Å². The highest BCUT2D eigenvalue weighted by atomic mass is 35.5. The first-order valence-corrected chi connectivity index (χ1v) is 15.9. The SMILES string of the molecule is CCCCN(C(=O)Nc1ccccc1OC)C1CCN(Cc2ccc(Oc3ccc(NS(C)(=O)=O)cc3)cc2)CC1.Cl. The van der Waals surface area contributed by atoms with Crippen molar-refractivity contribution in [3.63, 3.8) is 0 Å². The van der Waals surface area contributed by atoms with Crippen LogP contribution in [0.15, 0.2) is 72.8 Å². The van der Waals surface area contributed by atoms with Gasteiger partial charge in [-0.2, -0.15) is 0 Å². The van der Waals surface area contributed by atoms with Crippen LogP contribution in [0.25, 0.3) is 0 Å². The van der Waals surface area contributed by atoms with Crippen LogP contribution in [0.3, 0.4) is 0 Å². The summed E-state index contributed by atoms with van der Waals surface area (Å²) in [5.74, 6) is 1.99. The summed E-state index contributed by atoms with van der Waals surface area (Å²) in [4.78, 5) is 17.7. The first-order chi connectivity index (χ1) is 19.7. The van der Waals surface area contributed by atoms with Gasteiger partial charge in [0.1, 0.15) is 17.2 Å². The van der Waals surface area contributed by atoms with E-state index in [1.807, 2.05) is 41.3 Å². The molecule has 11 heteroatoms. The van der Waals surface area contributed by atoms with E-state index in [4.69, 9.17) is 9.47 Å². The van der Waals surface area contributed by atoms with E-state index in [0.717, 1.165) is 58.1 Å². The molecule has 2 N–H and O–H groups in total. The van der Waals surface area contributed by atoms with Crippen LogP contribution in [0.5, 0.6) is 17.2 Å². The molecule has 3 aromatic carbocycles.